The molecule has 2 saturated heterocycles. The number of nitrogens with one attached hydrogen (secondary N) is 1. The van der Waals surface area contributed by atoms with Gasteiger partial charge in [-0.1, -0.05) is 20.3 Å². The third-order valence-corrected chi connectivity index (χ3v) is 6.36. The standard InChI is InChI=1S/C19H32N2O4/c1-12(2)16-11-14-5-4-6-15(14)21(16)18(22)17(20-19(23)24-3)13-7-9-25-10-8-13/h12-17H,4-11H2,1-3H3,(H,20,23)/t14?,15-,16-,17-/m0/s1. The van der Waals surface area contributed by atoms with Crippen LogP contribution >= 0.6 is 0 Å². The van der Waals surface area contributed by atoms with Crippen molar-refractivity contribution in [1.29, 1.82) is 0 Å². The van der Waals surface area contributed by atoms with E-state index in [0.717, 1.165) is 25.7 Å². The van der Waals surface area contributed by atoms with Crippen LogP contribution in [0.2, 0.25) is 0 Å². The Hall–Kier alpha value is -1.30. The molecule has 0 bridgehead atoms. The van der Waals surface area contributed by atoms with Gasteiger partial charge in [-0.15, -0.1) is 0 Å². The van der Waals surface area contributed by atoms with Crippen LogP contribution in [0, 0.1) is 17.8 Å². The van der Waals surface area contributed by atoms with E-state index in [1.54, 1.807) is 0 Å². The van der Waals surface area contributed by atoms with E-state index >= 15 is 0 Å². The average Bonchev–Trinajstić information content (AvgIpc) is 3.20. The highest BCUT2D eigenvalue weighted by Crippen LogP contribution is 2.44. The van der Waals surface area contributed by atoms with Crippen molar-refractivity contribution in [2.24, 2.45) is 17.8 Å². The summed E-state index contributed by atoms with van der Waals surface area (Å²) in [5.74, 6) is 1.27. The van der Waals surface area contributed by atoms with Gasteiger partial charge < -0.3 is 19.7 Å². The van der Waals surface area contributed by atoms with Gasteiger partial charge >= 0.3 is 6.09 Å². The number of likely N-dealkylation sites (tertiary alicyclic amines) is 1. The van der Waals surface area contributed by atoms with Crippen LogP contribution in [-0.4, -0.2) is 55.3 Å². The molecule has 0 spiro atoms. The fourth-order valence-electron chi connectivity index (χ4n) is 5.03. The number of ether oxygens (including phenoxy) is 2. The summed E-state index contributed by atoms with van der Waals surface area (Å²) in [5, 5.41) is 2.84. The molecule has 3 aliphatic rings. The molecule has 2 amide bonds. The summed E-state index contributed by atoms with van der Waals surface area (Å²) in [6.07, 6.45) is 5.71. The zero-order chi connectivity index (χ0) is 18.0. The van der Waals surface area contributed by atoms with Crippen LogP contribution in [0.15, 0.2) is 0 Å². The van der Waals surface area contributed by atoms with Crippen molar-refractivity contribution in [3.8, 4) is 0 Å². The quantitative estimate of drug-likeness (QED) is 0.844. The molecule has 1 unspecified atom stereocenters. The SMILES string of the molecule is COC(=O)N[C@H](C(=O)N1[C@H](C(C)C)CC2CCC[C@@H]21)C1CCOCC1. The van der Waals surface area contributed by atoms with E-state index in [0.29, 0.717) is 31.1 Å². The van der Waals surface area contributed by atoms with Gasteiger partial charge in [-0.05, 0) is 49.9 Å². The zero-order valence-corrected chi connectivity index (χ0v) is 15.7. The number of nitrogens with zero attached hydrogens (tertiary/aromatic N) is 1. The van der Waals surface area contributed by atoms with Gasteiger partial charge in [0.2, 0.25) is 5.91 Å². The van der Waals surface area contributed by atoms with Crippen LogP contribution < -0.4 is 5.32 Å². The van der Waals surface area contributed by atoms with Gasteiger partial charge in [0.25, 0.3) is 0 Å². The molecule has 3 rings (SSSR count). The number of amides is 2. The van der Waals surface area contributed by atoms with E-state index in [1.807, 2.05) is 0 Å². The maximum atomic E-state index is 13.6. The lowest BCUT2D eigenvalue weighted by Crippen LogP contribution is -2.56. The number of rotatable bonds is 4. The Labute approximate surface area is 150 Å². The van der Waals surface area contributed by atoms with Crippen molar-refractivity contribution in [2.45, 2.75) is 70.5 Å². The Balaban J connectivity index is 1.82. The number of alkyl carbamates (subject to hydrolysis) is 1. The molecule has 6 nitrogen and oxygen atoms in total. The van der Waals surface area contributed by atoms with Gasteiger partial charge in [0.15, 0.2) is 0 Å². The second-order valence-electron chi connectivity index (χ2n) is 8.11. The van der Waals surface area contributed by atoms with Gasteiger partial charge in [-0.25, -0.2) is 4.79 Å². The molecule has 0 aromatic carbocycles. The fraction of sp³-hybridized carbons (Fsp3) is 0.895. The summed E-state index contributed by atoms with van der Waals surface area (Å²) in [4.78, 5) is 27.6. The summed E-state index contributed by atoms with van der Waals surface area (Å²) in [5.41, 5.74) is 0. The molecule has 2 aliphatic heterocycles. The largest absolute Gasteiger partial charge is 0.453 e. The minimum atomic E-state index is -0.520. The average molecular weight is 352 g/mol. The van der Waals surface area contributed by atoms with Crippen molar-refractivity contribution in [3.63, 3.8) is 0 Å². The fourth-order valence-corrected chi connectivity index (χ4v) is 5.03. The molecule has 1 N–H and O–H groups in total. The number of fused-ring (bicyclic) bond motifs is 1. The Kier molecular flexibility index (Phi) is 5.87. The number of carbonyl (C=O) groups excluding carboxylic acids is 2. The molecule has 1 aliphatic carbocycles. The summed E-state index contributed by atoms with van der Waals surface area (Å²) >= 11 is 0. The zero-order valence-electron chi connectivity index (χ0n) is 15.7. The first-order valence-corrected chi connectivity index (χ1v) is 9.77. The van der Waals surface area contributed by atoms with E-state index in [9.17, 15) is 9.59 Å². The van der Waals surface area contributed by atoms with Gasteiger partial charge in [-0.2, -0.15) is 0 Å². The van der Waals surface area contributed by atoms with E-state index in [-0.39, 0.29) is 17.9 Å². The van der Waals surface area contributed by atoms with E-state index in [4.69, 9.17) is 9.47 Å². The van der Waals surface area contributed by atoms with E-state index < -0.39 is 12.1 Å². The number of methoxy groups -OCH3 is 1. The van der Waals surface area contributed by atoms with Crippen molar-refractivity contribution in [1.82, 2.24) is 10.2 Å². The minimum absolute atomic E-state index is 0.0883. The smallest absolute Gasteiger partial charge is 0.407 e. The lowest BCUT2D eigenvalue weighted by molar-refractivity contribution is -0.139. The summed E-state index contributed by atoms with van der Waals surface area (Å²) in [7, 11) is 1.35. The predicted octanol–water partition coefficient (Wildman–Crippen LogP) is 2.56. The van der Waals surface area contributed by atoms with Crippen LogP contribution in [0.3, 0.4) is 0 Å². The highest BCUT2D eigenvalue weighted by atomic mass is 16.5. The molecule has 2 heterocycles. The second-order valence-corrected chi connectivity index (χ2v) is 8.11. The first kappa shape index (κ1) is 18.5. The molecule has 0 aromatic heterocycles. The second kappa shape index (κ2) is 7.94. The van der Waals surface area contributed by atoms with Crippen LogP contribution in [-0.2, 0) is 14.3 Å². The summed E-state index contributed by atoms with van der Waals surface area (Å²) in [6, 6.07) is 0.128. The Morgan fingerprint density at radius 1 is 1.16 bits per heavy atom. The first-order valence-electron chi connectivity index (χ1n) is 9.77. The molecule has 0 aromatic rings. The van der Waals surface area contributed by atoms with Gasteiger partial charge in [0.1, 0.15) is 6.04 Å². The highest BCUT2D eigenvalue weighted by molar-refractivity contribution is 5.87. The van der Waals surface area contributed by atoms with Crippen LogP contribution in [0.1, 0.15) is 52.4 Å². The maximum Gasteiger partial charge on any atom is 0.407 e. The first-order chi connectivity index (χ1) is 12.0. The minimum Gasteiger partial charge on any atom is -0.453 e. The topological polar surface area (TPSA) is 67.9 Å². The predicted molar refractivity (Wildman–Crippen MR) is 94.1 cm³/mol. The van der Waals surface area contributed by atoms with E-state index in [2.05, 4.69) is 24.1 Å². The van der Waals surface area contributed by atoms with Crippen LogP contribution in [0.25, 0.3) is 0 Å². The molecule has 142 valence electrons. The van der Waals surface area contributed by atoms with Gasteiger partial charge in [0, 0.05) is 25.3 Å². The number of carbonyl (C=O) groups is 2. The molecule has 25 heavy (non-hydrogen) atoms. The highest BCUT2D eigenvalue weighted by Gasteiger charge is 2.49. The van der Waals surface area contributed by atoms with Gasteiger partial charge in [-0.3, -0.25) is 4.79 Å². The third-order valence-electron chi connectivity index (χ3n) is 6.36. The van der Waals surface area contributed by atoms with Crippen molar-refractivity contribution in [2.75, 3.05) is 20.3 Å². The Bertz CT molecular complexity index is 490. The van der Waals surface area contributed by atoms with E-state index in [1.165, 1.54) is 20.0 Å². The van der Waals surface area contributed by atoms with Crippen LogP contribution in [0.5, 0.6) is 0 Å². The molecule has 6 heteroatoms. The molecular weight excluding hydrogens is 320 g/mol. The van der Waals surface area contributed by atoms with Crippen molar-refractivity contribution < 1.29 is 19.1 Å². The summed E-state index contributed by atoms with van der Waals surface area (Å²) in [6.45, 7) is 5.69. The van der Waals surface area contributed by atoms with Crippen molar-refractivity contribution in [3.05, 3.63) is 0 Å². The normalized spacial score (nSPS) is 31.0. The molecule has 1 saturated carbocycles. The Morgan fingerprint density at radius 3 is 2.52 bits per heavy atom. The molecular formula is C19H32N2O4. The monoisotopic (exact) mass is 352 g/mol. The molecule has 4 atom stereocenters. The molecule has 3 fully saturated rings. The number of hydrogen-bond acceptors (Lipinski definition) is 4. The summed E-state index contributed by atoms with van der Waals surface area (Å²) < 4.78 is 10.2. The Morgan fingerprint density at radius 2 is 1.88 bits per heavy atom. The number of hydrogen-bond donors (Lipinski definition) is 1. The molecule has 0 radical (unpaired) electrons. The van der Waals surface area contributed by atoms with Crippen molar-refractivity contribution >= 4 is 12.0 Å². The van der Waals surface area contributed by atoms with Gasteiger partial charge in [0.05, 0.1) is 7.11 Å². The lowest BCUT2D eigenvalue weighted by atomic mass is 9.90. The third kappa shape index (κ3) is 3.78. The van der Waals surface area contributed by atoms with Crippen LogP contribution in [0.4, 0.5) is 4.79 Å². The lowest BCUT2D eigenvalue weighted by Gasteiger charge is -2.38. The maximum absolute atomic E-state index is 13.6.